The van der Waals surface area contributed by atoms with Crippen LogP contribution in [-0.4, -0.2) is 47.4 Å². The van der Waals surface area contributed by atoms with Gasteiger partial charge in [0, 0.05) is 38.0 Å². The zero-order valence-electron chi connectivity index (χ0n) is 14.0. The highest BCUT2D eigenvalue weighted by atomic mass is 16.5. The number of hydrogen-bond donors (Lipinski definition) is 0. The van der Waals surface area contributed by atoms with Gasteiger partial charge in [0.15, 0.2) is 0 Å². The van der Waals surface area contributed by atoms with E-state index in [4.69, 9.17) is 4.74 Å². The van der Waals surface area contributed by atoms with Gasteiger partial charge < -0.3 is 9.64 Å². The Balaban J connectivity index is 1.85. The number of para-hydroxylation sites is 1. The van der Waals surface area contributed by atoms with Crippen LogP contribution in [0.15, 0.2) is 36.5 Å². The second kappa shape index (κ2) is 8.29. The summed E-state index contributed by atoms with van der Waals surface area (Å²) in [5.41, 5.74) is 0.839. The van der Waals surface area contributed by atoms with Gasteiger partial charge in [-0.2, -0.15) is 0 Å². The fourth-order valence-corrected chi connectivity index (χ4v) is 2.44. The molecule has 6 heteroatoms. The maximum Gasteiger partial charge on any atom is 0.307 e. The number of nitrogens with zero attached hydrogens (tertiary/aromatic N) is 2. The molecule has 2 rings (SSSR count). The van der Waals surface area contributed by atoms with Crippen LogP contribution in [0, 0.1) is 0 Å². The minimum Gasteiger partial charge on any atom is -0.466 e. The maximum absolute atomic E-state index is 12.3. The van der Waals surface area contributed by atoms with Crippen molar-refractivity contribution in [2.45, 2.75) is 26.2 Å². The Hall–Kier alpha value is -2.63. The number of amides is 1. The van der Waals surface area contributed by atoms with Crippen LogP contribution in [-0.2, 0) is 14.3 Å². The fourth-order valence-electron chi connectivity index (χ4n) is 2.44. The molecule has 0 aliphatic carbocycles. The molecule has 0 saturated heterocycles. The Kier molecular flexibility index (Phi) is 6.12. The van der Waals surface area contributed by atoms with E-state index in [1.54, 1.807) is 24.7 Å². The molecule has 2 aromatic rings. The van der Waals surface area contributed by atoms with E-state index < -0.39 is 0 Å². The topological polar surface area (TPSA) is 68.6 Å². The first-order valence-corrected chi connectivity index (χ1v) is 8.01. The predicted molar refractivity (Wildman–Crippen MR) is 90.7 cm³/mol. The highest BCUT2D eigenvalue weighted by Crippen LogP contribution is 2.16. The molecule has 1 amide bonds. The summed E-state index contributed by atoms with van der Waals surface area (Å²) in [5.74, 6) is -0.612. The Morgan fingerprint density at radius 1 is 1.08 bits per heavy atom. The molecule has 1 aromatic carbocycles. The van der Waals surface area contributed by atoms with Gasteiger partial charge in [-0.15, -0.1) is 0 Å². The van der Waals surface area contributed by atoms with Gasteiger partial charge in [-0.25, -0.2) is 0 Å². The van der Waals surface area contributed by atoms with Crippen molar-refractivity contribution in [3.63, 3.8) is 0 Å². The monoisotopic (exact) mass is 330 g/mol. The van der Waals surface area contributed by atoms with Gasteiger partial charge in [0.05, 0.1) is 18.5 Å². The van der Waals surface area contributed by atoms with Crippen LogP contribution in [0.4, 0.5) is 0 Å². The number of carbonyl (C=O) groups is 3. The van der Waals surface area contributed by atoms with Crippen molar-refractivity contribution in [3.8, 4) is 0 Å². The summed E-state index contributed by atoms with van der Waals surface area (Å²) in [7, 11) is 1.62. The van der Waals surface area contributed by atoms with Crippen molar-refractivity contribution < 1.29 is 19.1 Å². The zero-order valence-corrected chi connectivity index (χ0v) is 14.0. The Morgan fingerprint density at radius 2 is 1.83 bits per heavy atom. The highest BCUT2D eigenvalue weighted by Gasteiger charge is 2.15. The Morgan fingerprint density at radius 3 is 2.58 bits per heavy atom. The average Bonchev–Trinajstić information content (AvgIpc) is 3.01. The molecule has 0 radical (unpaired) electrons. The van der Waals surface area contributed by atoms with E-state index in [1.807, 2.05) is 30.3 Å². The molecule has 0 fully saturated rings. The summed E-state index contributed by atoms with van der Waals surface area (Å²) in [5, 5.41) is 0.990. The normalized spacial score (nSPS) is 10.6. The van der Waals surface area contributed by atoms with E-state index in [-0.39, 0.29) is 43.6 Å². The van der Waals surface area contributed by atoms with Crippen LogP contribution in [0.5, 0.6) is 0 Å². The van der Waals surface area contributed by atoms with Crippen molar-refractivity contribution in [2.24, 2.45) is 0 Å². The molecule has 0 atom stereocenters. The number of carbonyl (C=O) groups excluding carboxylic acids is 3. The van der Waals surface area contributed by atoms with E-state index in [1.165, 1.54) is 4.90 Å². The number of hydrogen-bond acceptors (Lipinski definition) is 4. The maximum atomic E-state index is 12.3. The van der Waals surface area contributed by atoms with Crippen molar-refractivity contribution in [1.82, 2.24) is 9.47 Å². The molecular weight excluding hydrogens is 308 g/mol. The summed E-state index contributed by atoms with van der Waals surface area (Å²) in [6.45, 7) is 2.36. The lowest BCUT2D eigenvalue weighted by Crippen LogP contribution is -2.30. The summed E-state index contributed by atoms with van der Waals surface area (Å²) >= 11 is 0. The van der Waals surface area contributed by atoms with Crippen LogP contribution in [0.2, 0.25) is 0 Å². The highest BCUT2D eigenvalue weighted by molar-refractivity contribution is 5.93. The van der Waals surface area contributed by atoms with Gasteiger partial charge in [-0.3, -0.25) is 19.0 Å². The predicted octanol–water partition coefficient (Wildman–Crippen LogP) is 2.47. The molecular formula is C18H22N2O4. The average molecular weight is 330 g/mol. The van der Waals surface area contributed by atoms with E-state index in [9.17, 15) is 14.4 Å². The summed E-state index contributed by atoms with van der Waals surface area (Å²) in [6.07, 6.45) is 2.13. The number of fused-ring (bicyclic) bond motifs is 1. The first kappa shape index (κ1) is 17.7. The van der Waals surface area contributed by atoms with E-state index in [0.29, 0.717) is 6.61 Å². The Bertz CT molecular complexity index is 735. The molecule has 0 spiro atoms. The molecule has 24 heavy (non-hydrogen) atoms. The van der Waals surface area contributed by atoms with Crippen LogP contribution in [0.3, 0.4) is 0 Å². The standard InChI is InChI=1S/C18H22N2O4/c1-3-24-18(23)11-12-19(2)16(21)8-9-17(22)20-13-10-14-6-4-5-7-15(14)20/h4-7,10,13H,3,8-9,11-12H2,1-2H3. The third-order valence-electron chi connectivity index (χ3n) is 3.80. The van der Waals surface area contributed by atoms with Crippen molar-refractivity contribution >= 4 is 28.7 Å². The lowest BCUT2D eigenvalue weighted by Gasteiger charge is -2.16. The van der Waals surface area contributed by atoms with Crippen LogP contribution >= 0.6 is 0 Å². The van der Waals surface area contributed by atoms with Gasteiger partial charge in [-0.1, -0.05) is 18.2 Å². The van der Waals surface area contributed by atoms with Gasteiger partial charge in [0.25, 0.3) is 0 Å². The molecule has 0 aliphatic heterocycles. The molecule has 0 saturated carbocycles. The molecule has 0 N–H and O–H groups in total. The summed E-state index contributed by atoms with van der Waals surface area (Å²) in [6, 6.07) is 9.48. The second-order valence-electron chi connectivity index (χ2n) is 5.51. The quantitative estimate of drug-likeness (QED) is 0.731. The first-order valence-electron chi connectivity index (χ1n) is 8.01. The minimum atomic E-state index is -0.327. The Labute approximate surface area is 141 Å². The lowest BCUT2D eigenvalue weighted by atomic mass is 10.2. The van der Waals surface area contributed by atoms with Crippen molar-refractivity contribution in [2.75, 3.05) is 20.2 Å². The van der Waals surface area contributed by atoms with Gasteiger partial charge in [0.2, 0.25) is 11.8 Å². The number of benzene rings is 1. The summed E-state index contributed by atoms with van der Waals surface area (Å²) < 4.78 is 6.40. The molecule has 0 aliphatic rings. The fraction of sp³-hybridized carbons (Fsp3) is 0.389. The van der Waals surface area contributed by atoms with Crippen molar-refractivity contribution in [3.05, 3.63) is 36.5 Å². The lowest BCUT2D eigenvalue weighted by molar-refractivity contribution is -0.143. The number of esters is 1. The third kappa shape index (κ3) is 4.44. The molecule has 1 heterocycles. The minimum absolute atomic E-state index is 0.116. The molecule has 1 aromatic heterocycles. The van der Waals surface area contributed by atoms with Gasteiger partial charge >= 0.3 is 5.97 Å². The second-order valence-corrected chi connectivity index (χ2v) is 5.51. The smallest absolute Gasteiger partial charge is 0.307 e. The van der Waals surface area contributed by atoms with Crippen LogP contribution in [0.1, 0.15) is 31.0 Å². The van der Waals surface area contributed by atoms with E-state index in [0.717, 1.165) is 10.9 Å². The van der Waals surface area contributed by atoms with E-state index in [2.05, 4.69) is 0 Å². The largest absolute Gasteiger partial charge is 0.466 e. The van der Waals surface area contributed by atoms with Crippen molar-refractivity contribution in [1.29, 1.82) is 0 Å². The third-order valence-corrected chi connectivity index (χ3v) is 3.80. The molecule has 128 valence electrons. The van der Waals surface area contributed by atoms with Gasteiger partial charge in [-0.05, 0) is 19.1 Å². The zero-order chi connectivity index (χ0) is 17.5. The van der Waals surface area contributed by atoms with Crippen LogP contribution in [0.25, 0.3) is 10.9 Å². The number of aromatic nitrogens is 1. The molecule has 6 nitrogen and oxygen atoms in total. The molecule has 0 bridgehead atoms. The van der Waals surface area contributed by atoms with Crippen LogP contribution < -0.4 is 0 Å². The molecule has 0 unspecified atom stereocenters. The SMILES string of the molecule is CCOC(=O)CCN(C)C(=O)CCC(=O)n1ccc2ccccc21. The number of ether oxygens (including phenoxy) is 1. The van der Waals surface area contributed by atoms with Gasteiger partial charge in [0.1, 0.15) is 0 Å². The summed E-state index contributed by atoms with van der Waals surface area (Å²) in [4.78, 5) is 37.1. The first-order chi connectivity index (χ1) is 11.5. The van der Waals surface area contributed by atoms with E-state index >= 15 is 0 Å². The number of rotatable bonds is 7.